The zero-order valence-electron chi connectivity index (χ0n) is 20.9. The second-order valence-electron chi connectivity index (χ2n) is 8.89. The molecule has 0 spiro atoms. The van der Waals surface area contributed by atoms with E-state index in [4.69, 9.17) is 19.6 Å². The van der Waals surface area contributed by atoms with E-state index in [0.717, 1.165) is 6.07 Å². The number of halogens is 3. The number of carbonyl (C=O) groups is 2. The molecular formula is C25H27F3N4O6. The molecule has 13 heteroatoms. The number of carbonyl (C=O) groups excluding carboxylic acids is 2. The number of hydrogen-bond acceptors (Lipinski definition) is 9. The lowest BCUT2D eigenvalue weighted by atomic mass is 9.94. The Hall–Kier alpha value is -3.71. The Morgan fingerprint density at radius 2 is 2.00 bits per heavy atom. The average molecular weight is 537 g/mol. The summed E-state index contributed by atoms with van der Waals surface area (Å²) in [7, 11) is 1.31. The van der Waals surface area contributed by atoms with Gasteiger partial charge in [0.2, 0.25) is 5.89 Å². The highest BCUT2D eigenvalue weighted by molar-refractivity contribution is 5.98. The number of aliphatic hydroxyl groups excluding tert-OH is 1. The number of hydrogen-bond donors (Lipinski definition) is 2. The van der Waals surface area contributed by atoms with Crippen LogP contribution in [0.4, 0.5) is 13.2 Å². The van der Waals surface area contributed by atoms with Crippen LogP contribution in [-0.4, -0.2) is 64.8 Å². The van der Waals surface area contributed by atoms with Gasteiger partial charge in [-0.25, -0.2) is 9.97 Å². The Bertz CT molecular complexity index is 1360. The van der Waals surface area contributed by atoms with Crippen molar-refractivity contribution in [2.75, 3.05) is 26.8 Å². The van der Waals surface area contributed by atoms with Crippen molar-refractivity contribution in [2.45, 2.75) is 38.6 Å². The molecule has 1 aromatic carbocycles. The molecule has 3 aromatic rings. The number of rotatable bonds is 6. The van der Waals surface area contributed by atoms with E-state index < -0.39 is 41.8 Å². The molecule has 0 radical (unpaired) electrons. The highest BCUT2D eigenvalue weighted by Gasteiger charge is 2.38. The zero-order chi connectivity index (χ0) is 27.8. The molecule has 1 aliphatic heterocycles. The third-order valence-electron chi connectivity index (χ3n) is 6.28. The summed E-state index contributed by atoms with van der Waals surface area (Å²) in [6.07, 6.45) is -5.47. The van der Waals surface area contributed by atoms with Gasteiger partial charge in [-0.3, -0.25) is 9.59 Å². The minimum atomic E-state index is -4.66. The molecule has 0 aliphatic carbocycles. The normalized spacial score (nSPS) is 18.9. The summed E-state index contributed by atoms with van der Waals surface area (Å²) >= 11 is 0. The van der Waals surface area contributed by atoms with Crippen LogP contribution in [0.3, 0.4) is 0 Å². The lowest BCUT2D eigenvalue weighted by Crippen LogP contribution is -2.49. The van der Waals surface area contributed by atoms with Crippen LogP contribution >= 0.6 is 0 Å². The molecule has 1 aliphatic rings. The largest absolute Gasteiger partial charge is 0.494 e. The maximum atomic E-state index is 13.5. The number of esters is 1. The van der Waals surface area contributed by atoms with Gasteiger partial charge in [0, 0.05) is 24.0 Å². The Morgan fingerprint density at radius 3 is 2.63 bits per heavy atom. The third kappa shape index (κ3) is 5.16. The van der Waals surface area contributed by atoms with Gasteiger partial charge in [-0.15, -0.1) is 0 Å². The Kier molecular flexibility index (Phi) is 7.61. The quantitative estimate of drug-likeness (QED) is 0.454. The van der Waals surface area contributed by atoms with E-state index >= 15 is 0 Å². The molecule has 1 fully saturated rings. The first-order valence-electron chi connectivity index (χ1n) is 11.9. The van der Waals surface area contributed by atoms with Gasteiger partial charge < -0.3 is 29.6 Å². The predicted molar refractivity (Wildman–Crippen MR) is 128 cm³/mol. The van der Waals surface area contributed by atoms with Crippen LogP contribution in [0.1, 0.15) is 48.3 Å². The van der Waals surface area contributed by atoms with Crippen molar-refractivity contribution >= 4 is 22.8 Å². The second-order valence-corrected chi connectivity index (χ2v) is 8.89. The number of pyridine rings is 1. The zero-order valence-corrected chi connectivity index (χ0v) is 20.9. The van der Waals surface area contributed by atoms with Gasteiger partial charge in [0.1, 0.15) is 22.9 Å². The maximum Gasteiger partial charge on any atom is 0.433 e. The van der Waals surface area contributed by atoms with Crippen molar-refractivity contribution < 1.29 is 41.8 Å². The number of likely N-dealkylation sites (tertiary alicyclic amines) is 1. The summed E-state index contributed by atoms with van der Waals surface area (Å²) in [5.41, 5.74) is 5.09. The highest BCUT2D eigenvalue weighted by atomic mass is 19.4. The van der Waals surface area contributed by atoms with E-state index in [-0.39, 0.29) is 65.7 Å². The predicted octanol–water partition coefficient (Wildman–Crippen LogP) is 3.32. The molecule has 3 N–H and O–H groups in total. The Balaban J connectivity index is 1.75. The van der Waals surface area contributed by atoms with Crippen LogP contribution < -0.4 is 10.5 Å². The number of ether oxygens (including phenoxy) is 2. The molecule has 1 saturated heterocycles. The molecule has 10 nitrogen and oxygen atoms in total. The van der Waals surface area contributed by atoms with Crippen molar-refractivity contribution in [2.24, 2.45) is 11.7 Å². The van der Waals surface area contributed by atoms with Gasteiger partial charge in [0.25, 0.3) is 5.91 Å². The number of aliphatic hydroxyl groups is 1. The summed E-state index contributed by atoms with van der Waals surface area (Å²) in [5.74, 6) is -1.97. The number of amides is 1. The van der Waals surface area contributed by atoms with Gasteiger partial charge in [-0.05, 0) is 44.5 Å². The van der Waals surface area contributed by atoms with E-state index in [1.54, 1.807) is 13.8 Å². The molecule has 3 atom stereocenters. The maximum absolute atomic E-state index is 13.5. The number of piperidine rings is 1. The second kappa shape index (κ2) is 10.6. The van der Waals surface area contributed by atoms with Crippen LogP contribution in [0.2, 0.25) is 0 Å². The minimum Gasteiger partial charge on any atom is -0.494 e. The topological polar surface area (TPSA) is 141 Å². The fourth-order valence-electron chi connectivity index (χ4n) is 4.36. The van der Waals surface area contributed by atoms with E-state index in [0.29, 0.717) is 0 Å². The van der Waals surface area contributed by atoms with Gasteiger partial charge in [-0.2, -0.15) is 13.2 Å². The summed E-state index contributed by atoms with van der Waals surface area (Å²) in [5, 5.41) is 10.5. The molecule has 3 heterocycles. The fourth-order valence-corrected chi connectivity index (χ4v) is 4.36. The number of benzene rings is 1. The SMILES string of the molecule is CCOC(=O)[C@@H]1CN(C(=O)c2nc(-c3ccc(OC)c4nc(C(F)(F)F)ccc34)oc2[C@H](C)N)CC[C@@H]1O. The smallest absolute Gasteiger partial charge is 0.433 e. The van der Waals surface area contributed by atoms with Gasteiger partial charge in [-0.1, -0.05) is 0 Å². The van der Waals surface area contributed by atoms with E-state index in [9.17, 15) is 27.9 Å². The molecular weight excluding hydrogens is 509 g/mol. The molecule has 4 rings (SSSR count). The van der Waals surface area contributed by atoms with Crippen LogP contribution in [0.15, 0.2) is 28.7 Å². The van der Waals surface area contributed by atoms with E-state index in [2.05, 4.69) is 9.97 Å². The summed E-state index contributed by atoms with van der Waals surface area (Å²) in [6, 6.07) is 4.27. The number of nitrogens with two attached hydrogens (primary N) is 1. The number of alkyl halides is 3. The fraction of sp³-hybridized carbons (Fsp3) is 0.440. The first kappa shape index (κ1) is 27.3. The van der Waals surface area contributed by atoms with E-state index in [1.165, 1.54) is 30.2 Å². The number of nitrogens with zero attached hydrogens (tertiary/aromatic N) is 3. The standard InChI is InChI=1S/C25H27F3N4O6/c1-4-37-24(35)15-11-32(10-9-16(15)33)23(34)20-21(12(2)29)38-22(31-20)14-5-7-17(36-3)19-13(14)6-8-18(30-19)25(26,27)28/h5-8,12,15-16,33H,4,9-11,29H2,1-3H3/t12-,15+,16-/m0/s1. The number of aromatic nitrogens is 2. The molecule has 0 bridgehead atoms. The molecule has 0 saturated carbocycles. The van der Waals surface area contributed by atoms with E-state index in [1.807, 2.05) is 0 Å². The van der Waals surface area contributed by atoms with Crippen LogP contribution in [0.5, 0.6) is 5.75 Å². The van der Waals surface area contributed by atoms with Crippen LogP contribution in [0, 0.1) is 5.92 Å². The van der Waals surface area contributed by atoms with Gasteiger partial charge >= 0.3 is 12.1 Å². The lowest BCUT2D eigenvalue weighted by molar-refractivity contribution is -0.154. The van der Waals surface area contributed by atoms with Crippen molar-refractivity contribution in [3.05, 3.63) is 41.4 Å². The number of oxazole rings is 1. The van der Waals surface area contributed by atoms with Crippen molar-refractivity contribution in [3.8, 4) is 17.2 Å². The molecule has 204 valence electrons. The number of fused-ring (bicyclic) bond motifs is 1. The summed E-state index contributed by atoms with van der Waals surface area (Å²) in [6.45, 7) is 3.43. The summed E-state index contributed by atoms with van der Waals surface area (Å²) < 4.78 is 56.0. The Morgan fingerprint density at radius 1 is 1.26 bits per heavy atom. The monoisotopic (exact) mass is 536 g/mol. The van der Waals surface area contributed by atoms with Crippen LogP contribution in [-0.2, 0) is 15.7 Å². The van der Waals surface area contributed by atoms with Gasteiger partial charge in [0.15, 0.2) is 11.5 Å². The minimum absolute atomic E-state index is 0.0474. The lowest BCUT2D eigenvalue weighted by Gasteiger charge is -2.34. The first-order chi connectivity index (χ1) is 18.0. The van der Waals surface area contributed by atoms with Crippen LogP contribution in [0.25, 0.3) is 22.4 Å². The molecule has 2 aromatic heterocycles. The molecule has 0 unspecified atom stereocenters. The first-order valence-corrected chi connectivity index (χ1v) is 11.9. The third-order valence-corrected chi connectivity index (χ3v) is 6.28. The molecule has 1 amide bonds. The van der Waals surface area contributed by atoms with Gasteiger partial charge in [0.05, 0.1) is 25.9 Å². The highest BCUT2D eigenvalue weighted by Crippen LogP contribution is 2.37. The van der Waals surface area contributed by atoms with Crippen molar-refractivity contribution in [3.63, 3.8) is 0 Å². The summed E-state index contributed by atoms with van der Waals surface area (Å²) in [4.78, 5) is 35.2. The Labute approximate surface area is 215 Å². The average Bonchev–Trinajstić information content (AvgIpc) is 3.33. The molecule has 38 heavy (non-hydrogen) atoms. The van der Waals surface area contributed by atoms with Crippen molar-refractivity contribution in [1.29, 1.82) is 0 Å². The van der Waals surface area contributed by atoms with Crippen molar-refractivity contribution in [1.82, 2.24) is 14.9 Å². The number of methoxy groups -OCH3 is 1.